The lowest BCUT2D eigenvalue weighted by molar-refractivity contribution is 0.180. The van der Waals surface area contributed by atoms with Crippen LogP contribution < -0.4 is 5.76 Å². The number of benzene rings is 1. The van der Waals surface area contributed by atoms with E-state index in [9.17, 15) is 13.2 Å². The Morgan fingerprint density at radius 3 is 2.57 bits per heavy atom. The van der Waals surface area contributed by atoms with Crippen molar-refractivity contribution >= 4 is 32.5 Å². The van der Waals surface area contributed by atoms with Crippen molar-refractivity contribution in [3.63, 3.8) is 0 Å². The minimum absolute atomic E-state index is 0.00729. The van der Waals surface area contributed by atoms with Gasteiger partial charge in [0.05, 0.1) is 15.7 Å². The van der Waals surface area contributed by atoms with Crippen LogP contribution >= 0.6 is 11.6 Å². The van der Waals surface area contributed by atoms with Gasteiger partial charge in [-0.05, 0) is 44.9 Å². The Morgan fingerprint density at radius 2 is 1.91 bits per heavy atom. The third-order valence-electron chi connectivity index (χ3n) is 5.29. The van der Waals surface area contributed by atoms with Crippen molar-refractivity contribution in [2.75, 3.05) is 7.05 Å². The maximum absolute atomic E-state index is 13.1. The fraction of sp³-hybridized carbons (Fsp3) is 0.533. The molecular formula is C15H17ClN2O4S. The number of oxazole rings is 1. The molecule has 0 saturated carbocycles. The highest BCUT2D eigenvalue weighted by Gasteiger charge is 2.44. The third kappa shape index (κ3) is 2.25. The summed E-state index contributed by atoms with van der Waals surface area (Å²) in [5.74, 6) is -0.645. The van der Waals surface area contributed by atoms with Crippen molar-refractivity contribution in [3.8, 4) is 0 Å². The number of nitrogens with one attached hydrogen (secondary N) is 1. The van der Waals surface area contributed by atoms with Crippen LogP contribution in [0.25, 0.3) is 11.1 Å². The fourth-order valence-electron chi connectivity index (χ4n) is 3.98. The van der Waals surface area contributed by atoms with Crippen LogP contribution in [0.2, 0.25) is 5.02 Å². The highest BCUT2D eigenvalue weighted by atomic mass is 35.5. The number of halogens is 1. The molecule has 8 heteroatoms. The first-order valence-corrected chi connectivity index (χ1v) is 9.57. The van der Waals surface area contributed by atoms with Crippen molar-refractivity contribution in [2.24, 2.45) is 0 Å². The predicted octanol–water partition coefficient (Wildman–Crippen LogP) is 2.17. The lowest BCUT2D eigenvalue weighted by Gasteiger charge is -2.36. The van der Waals surface area contributed by atoms with E-state index in [0.29, 0.717) is 30.4 Å². The monoisotopic (exact) mass is 356 g/mol. The van der Waals surface area contributed by atoms with E-state index in [4.69, 9.17) is 16.0 Å². The zero-order chi connectivity index (χ0) is 16.4. The van der Waals surface area contributed by atoms with Gasteiger partial charge in [-0.25, -0.2) is 13.2 Å². The van der Waals surface area contributed by atoms with Crippen molar-refractivity contribution in [2.45, 2.75) is 47.9 Å². The molecule has 2 aromatic rings. The molecular weight excluding hydrogens is 340 g/mol. The summed E-state index contributed by atoms with van der Waals surface area (Å²) in [5.41, 5.74) is 0.510. The highest BCUT2D eigenvalue weighted by Crippen LogP contribution is 2.40. The van der Waals surface area contributed by atoms with E-state index < -0.39 is 20.8 Å². The van der Waals surface area contributed by atoms with Crippen LogP contribution in [-0.4, -0.2) is 42.7 Å². The third-order valence-corrected chi connectivity index (χ3v) is 8.00. The summed E-state index contributed by atoms with van der Waals surface area (Å²) < 4.78 is 31.1. The summed E-state index contributed by atoms with van der Waals surface area (Å²) in [5, 5.41) is -0.441. The summed E-state index contributed by atoms with van der Waals surface area (Å²) >= 11 is 6.23. The molecule has 2 saturated heterocycles. The number of sulfone groups is 1. The summed E-state index contributed by atoms with van der Waals surface area (Å²) in [4.78, 5) is 16.1. The predicted molar refractivity (Wildman–Crippen MR) is 86.6 cm³/mol. The molecule has 2 aliphatic rings. The van der Waals surface area contributed by atoms with E-state index in [1.807, 2.05) is 0 Å². The van der Waals surface area contributed by atoms with Gasteiger partial charge < -0.3 is 9.32 Å². The second-order valence-corrected chi connectivity index (χ2v) is 9.03. The number of piperidine rings is 1. The maximum atomic E-state index is 13.1. The SMILES string of the molecule is CN1[C@@H]2CC[C@H]1C[C@H](S(=O)(=O)c1ccc3[nH]c(=O)oc3c1Cl)C2. The topological polar surface area (TPSA) is 83.4 Å². The first kappa shape index (κ1) is 15.2. The number of rotatable bonds is 2. The zero-order valence-electron chi connectivity index (χ0n) is 12.6. The summed E-state index contributed by atoms with van der Waals surface area (Å²) in [6, 6.07) is 3.64. The van der Waals surface area contributed by atoms with Crippen molar-refractivity contribution in [1.29, 1.82) is 0 Å². The lowest BCUT2D eigenvalue weighted by Crippen LogP contribution is -2.44. The molecule has 0 amide bonds. The Hall–Kier alpha value is -1.31. The fourth-order valence-corrected chi connectivity index (χ4v) is 6.41. The molecule has 1 N–H and O–H groups in total. The number of hydrogen-bond acceptors (Lipinski definition) is 5. The molecule has 23 heavy (non-hydrogen) atoms. The van der Waals surface area contributed by atoms with Crippen LogP contribution in [-0.2, 0) is 9.84 Å². The minimum atomic E-state index is -3.56. The van der Waals surface area contributed by atoms with Gasteiger partial charge in [0.25, 0.3) is 0 Å². The van der Waals surface area contributed by atoms with Gasteiger partial charge in [-0.1, -0.05) is 11.6 Å². The van der Waals surface area contributed by atoms with E-state index >= 15 is 0 Å². The normalized spacial score (nSPS) is 28.5. The number of aromatic nitrogens is 1. The van der Waals surface area contributed by atoms with Crippen LogP contribution in [0, 0.1) is 0 Å². The highest BCUT2D eigenvalue weighted by molar-refractivity contribution is 7.92. The van der Waals surface area contributed by atoms with Crippen molar-refractivity contribution < 1.29 is 12.8 Å². The van der Waals surface area contributed by atoms with Crippen LogP contribution in [0.4, 0.5) is 0 Å². The minimum Gasteiger partial charge on any atom is -0.406 e. The van der Waals surface area contributed by atoms with Crippen LogP contribution in [0.1, 0.15) is 25.7 Å². The van der Waals surface area contributed by atoms with Crippen molar-refractivity contribution in [3.05, 3.63) is 27.7 Å². The van der Waals surface area contributed by atoms with Gasteiger partial charge in [-0.3, -0.25) is 4.98 Å². The molecule has 3 atom stereocenters. The molecule has 1 aromatic carbocycles. The average Bonchev–Trinajstić information content (AvgIpc) is 2.94. The molecule has 2 aliphatic heterocycles. The number of H-pyrrole nitrogens is 1. The second kappa shape index (κ2) is 5.09. The Labute approximate surface area is 138 Å². The lowest BCUT2D eigenvalue weighted by atomic mass is 10.0. The van der Waals surface area contributed by atoms with Crippen LogP contribution in [0.3, 0.4) is 0 Å². The molecule has 4 rings (SSSR count). The van der Waals surface area contributed by atoms with Gasteiger partial charge in [0.15, 0.2) is 15.4 Å². The number of aromatic amines is 1. The Kier molecular flexibility index (Phi) is 3.37. The summed E-state index contributed by atoms with van der Waals surface area (Å²) in [6.07, 6.45) is 3.35. The van der Waals surface area contributed by atoms with E-state index in [-0.39, 0.29) is 15.5 Å². The number of fused-ring (bicyclic) bond motifs is 3. The summed E-state index contributed by atoms with van der Waals surface area (Å²) in [6.45, 7) is 0. The van der Waals surface area contributed by atoms with Crippen molar-refractivity contribution in [1.82, 2.24) is 9.88 Å². The first-order chi connectivity index (χ1) is 10.9. The molecule has 124 valence electrons. The van der Waals surface area contributed by atoms with Gasteiger partial charge in [0.1, 0.15) is 5.02 Å². The molecule has 0 radical (unpaired) electrons. The molecule has 0 spiro atoms. The Bertz CT molecular complexity index is 919. The molecule has 1 aromatic heterocycles. The van der Waals surface area contributed by atoms with Gasteiger partial charge in [0.2, 0.25) is 0 Å². The molecule has 3 heterocycles. The number of hydrogen-bond donors (Lipinski definition) is 1. The average molecular weight is 357 g/mol. The van der Waals surface area contributed by atoms with E-state index in [1.165, 1.54) is 12.1 Å². The maximum Gasteiger partial charge on any atom is 0.417 e. The quantitative estimate of drug-likeness (QED) is 0.891. The molecule has 2 bridgehead atoms. The van der Waals surface area contributed by atoms with E-state index in [0.717, 1.165) is 12.8 Å². The second-order valence-electron chi connectivity index (χ2n) is 6.46. The van der Waals surface area contributed by atoms with Gasteiger partial charge in [-0.2, -0.15) is 0 Å². The Morgan fingerprint density at radius 1 is 1.26 bits per heavy atom. The molecule has 0 aliphatic carbocycles. The molecule has 2 fully saturated rings. The van der Waals surface area contributed by atoms with Gasteiger partial charge in [-0.15, -0.1) is 0 Å². The van der Waals surface area contributed by atoms with E-state index in [1.54, 1.807) is 0 Å². The van der Waals surface area contributed by atoms with E-state index in [2.05, 4.69) is 16.9 Å². The van der Waals surface area contributed by atoms with Gasteiger partial charge >= 0.3 is 5.76 Å². The van der Waals surface area contributed by atoms with Crippen LogP contribution in [0.5, 0.6) is 0 Å². The summed E-state index contributed by atoms with van der Waals surface area (Å²) in [7, 11) is -1.49. The zero-order valence-corrected chi connectivity index (χ0v) is 14.2. The largest absolute Gasteiger partial charge is 0.417 e. The smallest absolute Gasteiger partial charge is 0.406 e. The van der Waals surface area contributed by atoms with Crippen LogP contribution in [0.15, 0.2) is 26.2 Å². The first-order valence-electron chi connectivity index (χ1n) is 7.65. The Balaban J connectivity index is 1.77. The standard InChI is InChI=1S/C15H17ClN2O4S/c1-18-8-2-3-9(18)7-10(6-8)23(20,21)12-5-4-11-14(13(12)16)22-15(19)17-11/h4-5,8-10H,2-3,6-7H2,1H3,(H,17,19)/t8-,9+,10-. The van der Waals surface area contributed by atoms with Gasteiger partial charge in [0, 0.05) is 12.1 Å². The molecule has 0 unspecified atom stereocenters. The molecule has 6 nitrogen and oxygen atoms in total. The number of nitrogens with zero attached hydrogens (tertiary/aromatic N) is 1.